The minimum Gasteiger partial charge on any atom is -0.487 e. The monoisotopic (exact) mass is 341 g/mol. The molecule has 0 amide bonds. The summed E-state index contributed by atoms with van der Waals surface area (Å²) in [6.07, 6.45) is 0. The van der Waals surface area contributed by atoms with Crippen LogP contribution in [0.3, 0.4) is 0 Å². The number of nitrogens with zero attached hydrogens (tertiary/aromatic N) is 2. The maximum atomic E-state index is 5.90. The van der Waals surface area contributed by atoms with Crippen molar-refractivity contribution in [1.29, 1.82) is 0 Å². The Labute approximate surface area is 125 Å². The molecule has 0 radical (unpaired) electrons. The molecule has 2 rings (SSSR count). The average molecular weight is 343 g/mol. The summed E-state index contributed by atoms with van der Waals surface area (Å²) in [5.74, 6) is 1.22. The van der Waals surface area contributed by atoms with Gasteiger partial charge < -0.3 is 10.5 Å². The fraction of sp³-hybridized carbons (Fsp3) is 0.231. The van der Waals surface area contributed by atoms with Gasteiger partial charge in [-0.05, 0) is 41.1 Å². The van der Waals surface area contributed by atoms with Gasteiger partial charge in [-0.3, -0.25) is 4.98 Å². The summed E-state index contributed by atoms with van der Waals surface area (Å²) in [5.41, 5.74) is 8.30. The molecule has 19 heavy (non-hydrogen) atoms. The molecule has 4 nitrogen and oxygen atoms in total. The molecule has 0 aliphatic carbocycles. The summed E-state index contributed by atoms with van der Waals surface area (Å²) in [6.45, 7) is 2.31. The number of rotatable bonds is 4. The number of anilines is 1. The zero-order chi connectivity index (χ0) is 13.8. The molecule has 0 aromatic carbocycles. The van der Waals surface area contributed by atoms with Crippen molar-refractivity contribution in [3.8, 4) is 17.1 Å². The Kier molecular flexibility index (Phi) is 4.61. The van der Waals surface area contributed by atoms with Crippen LogP contribution in [-0.4, -0.2) is 22.5 Å². The van der Waals surface area contributed by atoms with E-state index in [1.165, 1.54) is 0 Å². The molecule has 0 saturated carbocycles. The van der Waals surface area contributed by atoms with Gasteiger partial charge in [0.05, 0.1) is 21.7 Å². The van der Waals surface area contributed by atoms with Crippen molar-refractivity contribution in [2.24, 2.45) is 0 Å². The second-order valence-corrected chi connectivity index (χ2v) is 5.14. The standard InChI is InChI=1S/C13H13BrClN3O/c1-8-3-2-4-10(17-8)11-7-9(14)12(13(16)18-11)19-6-5-15/h2-4,7H,5-6H2,1H3,(H2,16,18). The zero-order valence-corrected chi connectivity index (χ0v) is 12.7. The first-order chi connectivity index (χ1) is 9.11. The number of aromatic nitrogens is 2. The highest BCUT2D eigenvalue weighted by Crippen LogP contribution is 2.33. The van der Waals surface area contributed by atoms with E-state index in [4.69, 9.17) is 22.1 Å². The Bertz CT molecular complexity index is 569. The Balaban J connectivity index is 2.39. The lowest BCUT2D eigenvalue weighted by atomic mass is 10.2. The quantitative estimate of drug-likeness (QED) is 0.865. The fourth-order valence-corrected chi connectivity index (χ4v) is 2.23. The van der Waals surface area contributed by atoms with Gasteiger partial charge in [-0.2, -0.15) is 0 Å². The van der Waals surface area contributed by atoms with Crippen LogP contribution in [0.15, 0.2) is 28.7 Å². The molecule has 0 aliphatic heterocycles. The van der Waals surface area contributed by atoms with E-state index in [9.17, 15) is 0 Å². The number of nitrogen functional groups attached to an aromatic ring is 1. The smallest absolute Gasteiger partial charge is 0.175 e. The van der Waals surface area contributed by atoms with E-state index < -0.39 is 0 Å². The summed E-state index contributed by atoms with van der Waals surface area (Å²) in [5, 5.41) is 0. The lowest BCUT2D eigenvalue weighted by molar-refractivity contribution is 0.341. The maximum Gasteiger partial charge on any atom is 0.175 e. The SMILES string of the molecule is Cc1cccc(-c2cc(Br)c(OCCCl)c(N)n2)n1. The first-order valence-electron chi connectivity index (χ1n) is 5.70. The van der Waals surface area contributed by atoms with Gasteiger partial charge in [0.25, 0.3) is 0 Å². The van der Waals surface area contributed by atoms with E-state index in [0.717, 1.165) is 15.9 Å². The normalized spacial score (nSPS) is 10.5. The highest BCUT2D eigenvalue weighted by molar-refractivity contribution is 9.10. The van der Waals surface area contributed by atoms with E-state index >= 15 is 0 Å². The van der Waals surface area contributed by atoms with Crippen LogP contribution < -0.4 is 10.5 Å². The predicted octanol–water partition coefficient (Wildman–Crippen LogP) is 3.41. The molecule has 0 unspecified atom stereocenters. The molecular formula is C13H13BrClN3O. The summed E-state index contributed by atoms with van der Waals surface area (Å²) in [6, 6.07) is 7.59. The molecule has 0 bridgehead atoms. The van der Waals surface area contributed by atoms with E-state index in [-0.39, 0.29) is 0 Å². The summed E-state index contributed by atoms with van der Waals surface area (Å²) >= 11 is 9.02. The Morgan fingerprint density at radius 2 is 2.11 bits per heavy atom. The van der Waals surface area contributed by atoms with E-state index in [2.05, 4.69) is 25.9 Å². The van der Waals surface area contributed by atoms with Crippen molar-refractivity contribution in [2.75, 3.05) is 18.2 Å². The van der Waals surface area contributed by atoms with Crippen molar-refractivity contribution >= 4 is 33.3 Å². The Morgan fingerprint density at radius 3 is 2.74 bits per heavy atom. The molecule has 0 atom stereocenters. The molecule has 0 fully saturated rings. The molecule has 2 aromatic rings. The van der Waals surface area contributed by atoms with Crippen LogP contribution in [0, 0.1) is 6.92 Å². The van der Waals surface area contributed by atoms with Crippen LogP contribution in [0.5, 0.6) is 5.75 Å². The van der Waals surface area contributed by atoms with Gasteiger partial charge in [-0.1, -0.05) is 6.07 Å². The highest BCUT2D eigenvalue weighted by Gasteiger charge is 2.12. The zero-order valence-electron chi connectivity index (χ0n) is 10.4. The number of nitrogens with two attached hydrogens (primary N) is 1. The molecule has 100 valence electrons. The van der Waals surface area contributed by atoms with Crippen molar-refractivity contribution in [3.05, 3.63) is 34.4 Å². The van der Waals surface area contributed by atoms with E-state index in [1.807, 2.05) is 31.2 Å². The third kappa shape index (κ3) is 3.36. The summed E-state index contributed by atoms with van der Waals surface area (Å²) in [7, 11) is 0. The third-order valence-electron chi connectivity index (χ3n) is 2.43. The second-order valence-electron chi connectivity index (χ2n) is 3.91. The number of hydrogen-bond acceptors (Lipinski definition) is 4. The third-order valence-corrected chi connectivity index (χ3v) is 3.17. The van der Waals surface area contributed by atoms with E-state index in [0.29, 0.717) is 29.7 Å². The fourth-order valence-electron chi connectivity index (χ4n) is 1.62. The Morgan fingerprint density at radius 1 is 1.32 bits per heavy atom. The number of aryl methyl sites for hydroxylation is 1. The van der Waals surface area contributed by atoms with Gasteiger partial charge >= 0.3 is 0 Å². The summed E-state index contributed by atoms with van der Waals surface area (Å²) < 4.78 is 6.18. The molecule has 2 aromatic heterocycles. The first kappa shape index (κ1) is 14.1. The van der Waals surface area contributed by atoms with Crippen molar-refractivity contribution < 1.29 is 4.74 Å². The number of ether oxygens (including phenoxy) is 1. The van der Waals surface area contributed by atoms with Crippen molar-refractivity contribution in [3.63, 3.8) is 0 Å². The molecule has 6 heteroatoms. The van der Waals surface area contributed by atoms with Gasteiger partial charge in [0.2, 0.25) is 0 Å². The van der Waals surface area contributed by atoms with Crippen LogP contribution in [0.1, 0.15) is 5.69 Å². The van der Waals surface area contributed by atoms with Crippen molar-refractivity contribution in [2.45, 2.75) is 6.92 Å². The average Bonchev–Trinajstić information content (AvgIpc) is 2.37. The number of hydrogen-bond donors (Lipinski definition) is 1. The Hall–Kier alpha value is -1.33. The molecule has 2 heterocycles. The topological polar surface area (TPSA) is 61.0 Å². The maximum absolute atomic E-state index is 5.90. The number of pyridine rings is 2. The predicted molar refractivity (Wildman–Crippen MR) is 80.5 cm³/mol. The lowest BCUT2D eigenvalue weighted by Crippen LogP contribution is -2.04. The van der Waals surface area contributed by atoms with Crippen LogP contribution in [0.25, 0.3) is 11.4 Å². The van der Waals surface area contributed by atoms with Gasteiger partial charge in [0.15, 0.2) is 11.6 Å². The summed E-state index contributed by atoms with van der Waals surface area (Å²) in [4.78, 5) is 8.73. The highest BCUT2D eigenvalue weighted by atomic mass is 79.9. The van der Waals surface area contributed by atoms with Gasteiger partial charge in [-0.15, -0.1) is 11.6 Å². The van der Waals surface area contributed by atoms with Crippen LogP contribution in [0.2, 0.25) is 0 Å². The van der Waals surface area contributed by atoms with Gasteiger partial charge in [0, 0.05) is 5.69 Å². The van der Waals surface area contributed by atoms with Gasteiger partial charge in [-0.25, -0.2) is 4.98 Å². The largest absolute Gasteiger partial charge is 0.487 e. The van der Waals surface area contributed by atoms with Crippen LogP contribution >= 0.6 is 27.5 Å². The number of halogens is 2. The van der Waals surface area contributed by atoms with Crippen LogP contribution in [0.4, 0.5) is 5.82 Å². The molecule has 0 aliphatic rings. The minimum atomic E-state index is 0.317. The molecule has 0 spiro atoms. The second kappa shape index (κ2) is 6.21. The number of alkyl halides is 1. The van der Waals surface area contributed by atoms with Crippen LogP contribution in [-0.2, 0) is 0 Å². The molecular weight excluding hydrogens is 330 g/mol. The molecule has 2 N–H and O–H groups in total. The first-order valence-corrected chi connectivity index (χ1v) is 7.03. The molecule has 0 saturated heterocycles. The van der Waals surface area contributed by atoms with Crippen molar-refractivity contribution in [1.82, 2.24) is 9.97 Å². The lowest BCUT2D eigenvalue weighted by Gasteiger charge is -2.11. The minimum absolute atomic E-state index is 0.317. The van der Waals surface area contributed by atoms with Gasteiger partial charge in [0.1, 0.15) is 6.61 Å². The van der Waals surface area contributed by atoms with E-state index in [1.54, 1.807) is 0 Å².